The van der Waals surface area contributed by atoms with Crippen LogP contribution in [0.1, 0.15) is 44.1 Å². The van der Waals surface area contributed by atoms with Gasteiger partial charge in [-0.1, -0.05) is 36.2 Å². The maximum atomic E-state index is 12.4. The van der Waals surface area contributed by atoms with Crippen molar-refractivity contribution < 1.29 is 4.79 Å². The van der Waals surface area contributed by atoms with E-state index in [0.29, 0.717) is 38.7 Å². The van der Waals surface area contributed by atoms with Crippen molar-refractivity contribution in [1.82, 2.24) is 0 Å². The van der Waals surface area contributed by atoms with Crippen LogP contribution in [-0.4, -0.2) is 16.3 Å². The molecule has 0 aliphatic carbocycles. The van der Waals surface area contributed by atoms with Gasteiger partial charge in [-0.05, 0) is 42.9 Å². The summed E-state index contributed by atoms with van der Waals surface area (Å²) in [5, 5.41) is 2.39. The lowest BCUT2D eigenvalue weighted by molar-refractivity contribution is -0.123. The monoisotopic (exact) mass is 328 g/mol. The predicted octanol–water partition coefficient (Wildman–Crippen LogP) is 5.34. The summed E-state index contributed by atoms with van der Waals surface area (Å²) in [6.45, 7) is 1.97. The Labute approximate surface area is 134 Å². The minimum absolute atomic E-state index is 0.154. The standard InChI is InChI=1S/C16H18Cl2OS/c1-2-14(19)16-11(8-10-4-6-15(16)20-10)9-3-5-12(17)13(18)7-9/h3,5,7,10-11,15-16H,2,4,6,8H2,1H3. The van der Waals surface area contributed by atoms with Crippen molar-refractivity contribution in [2.75, 3.05) is 0 Å². The number of hydrogen-bond donors (Lipinski definition) is 0. The van der Waals surface area contributed by atoms with Crippen molar-refractivity contribution in [3.05, 3.63) is 33.8 Å². The molecule has 1 aromatic carbocycles. The summed E-state index contributed by atoms with van der Waals surface area (Å²) in [5.74, 6) is 0.871. The third-order valence-electron chi connectivity index (χ3n) is 4.58. The summed E-state index contributed by atoms with van der Waals surface area (Å²) in [4.78, 5) is 12.4. The van der Waals surface area contributed by atoms with Gasteiger partial charge in [-0.3, -0.25) is 4.79 Å². The number of rotatable bonds is 3. The van der Waals surface area contributed by atoms with Gasteiger partial charge in [0, 0.05) is 22.8 Å². The zero-order valence-corrected chi connectivity index (χ0v) is 13.8. The van der Waals surface area contributed by atoms with E-state index in [2.05, 4.69) is 0 Å². The van der Waals surface area contributed by atoms with E-state index < -0.39 is 0 Å². The Morgan fingerprint density at radius 3 is 2.80 bits per heavy atom. The largest absolute Gasteiger partial charge is 0.299 e. The topological polar surface area (TPSA) is 17.1 Å². The number of Topliss-reactive ketones (excluding diaryl/α,β-unsaturated/α-hetero) is 1. The van der Waals surface area contributed by atoms with Crippen molar-refractivity contribution in [1.29, 1.82) is 0 Å². The molecule has 4 unspecified atom stereocenters. The third kappa shape index (κ3) is 2.63. The molecule has 1 aromatic rings. The van der Waals surface area contributed by atoms with E-state index in [9.17, 15) is 4.79 Å². The molecule has 0 amide bonds. The third-order valence-corrected chi connectivity index (χ3v) is 7.01. The Balaban J connectivity index is 1.96. The highest BCUT2D eigenvalue weighted by Gasteiger charge is 2.45. The average molecular weight is 329 g/mol. The molecule has 3 rings (SSSR count). The number of carbonyl (C=O) groups excluding carboxylic acids is 1. The van der Waals surface area contributed by atoms with Crippen LogP contribution < -0.4 is 0 Å². The summed E-state index contributed by atoms with van der Waals surface area (Å²) in [6, 6.07) is 5.86. The zero-order chi connectivity index (χ0) is 14.3. The minimum atomic E-state index is 0.154. The number of benzene rings is 1. The maximum absolute atomic E-state index is 12.4. The van der Waals surface area contributed by atoms with Crippen molar-refractivity contribution in [2.45, 2.75) is 49.0 Å². The fourth-order valence-corrected chi connectivity index (χ4v) is 5.79. The highest BCUT2D eigenvalue weighted by atomic mass is 35.5. The van der Waals surface area contributed by atoms with Crippen molar-refractivity contribution in [3.8, 4) is 0 Å². The van der Waals surface area contributed by atoms with Crippen molar-refractivity contribution in [2.24, 2.45) is 5.92 Å². The van der Waals surface area contributed by atoms with Gasteiger partial charge in [-0.25, -0.2) is 0 Å². The zero-order valence-electron chi connectivity index (χ0n) is 11.4. The lowest BCUT2D eigenvalue weighted by Gasteiger charge is -2.35. The highest BCUT2D eigenvalue weighted by Crippen LogP contribution is 2.53. The Bertz CT molecular complexity index is 531. The molecule has 2 aliphatic heterocycles. The van der Waals surface area contributed by atoms with Crippen LogP contribution in [0.5, 0.6) is 0 Å². The van der Waals surface area contributed by atoms with Crippen molar-refractivity contribution in [3.63, 3.8) is 0 Å². The fraction of sp³-hybridized carbons (Fsp3) is 0.562. The van der Waals surface area contributed by atoms with Gasteiger partial charge in [0.15, 0.2) is 0 Å². The molecule has 2 heterocycles. The molecule has 0 N–H and O–H groups in total. The second kappa shape index (κ2) is 5.90. The predicted molar refractivity (Wildman–Crippen MR) is 87.0 cm³/mol. The van der Waals surface area contributed by atoms with E-state index in [1.54, 1.807) is 0 Å². The molecule has 0 spiro atoms. The molecule has 108 valence electrons. The van der Waals surface area contributed by atoms with Gasteiger partial charge >= 0.3 is 0 Å². The minimum Gasteiger partial charge on any atom is -0.299 e. The van der Waals surface area contributed by atoms with E-state index in [4.69, 9.17) is 23.2 Å². The number of halogens is 2. The Morgan fingerprint density at radius 2 is 2.10 bits per heavy atom. The molecular formula is C16H18Cl2OS. The van der Waals surface area contributed by atoms with Crippen LogP contribution in [0, 0.1) is 5.92 Å². The summed E-state index contributed by atoms with van der Waals surface area (Å²) >= 11 is 14.2. The summed E-state index contributed by atoms with van der Waals surface area (Å²) in [5.41, 5.74) is 1.18. The second-order valence-electron chi connectivity index (χ2n) is 5.74. The second-order valence-corrected chi connectivity index (χ2v) is 8.09. The van der Waals surface area contributed by atoms with Crippen LogP contribution >= 0.6 is 35.0 Å². The lowest BCUT2D eigenvalue weighted by atomic mass is 9.78. The Hall–Kier alpha value is -0.180. The van der Waals surface area contributed by atoms with Gasteiger partial charge in [0.2, 0.25) is 0 Å². The fourth-order valence-electron chi connectivity index (χ4n) is 3.61. The first kappa shape index (κ1) is 14.7. The van der Waals surface area contributed by atoms with Crippen molar-refractivity contribution >= 4 is 40.7 Å². The molecular weight excluding hydrogens is 311 g/mol. The van der Waals surface area contributed by atoms with Gasteiger partial charge < -0.3 is 0 Å². The van der Waals surface area contributed by atoms with E-state index in [0.717, 1.165) is 6.42 Å². The summed E-state index contributed by atoms with van der Waals surface area (Å²) in [6.07, 6.45) is 4.16. The summed E-state index contributed by atoms with van der Waals surface area (Å²) < 4.78 is 0. The van der Waals surface area contributed by atoms with Crippen LogP contribution in [0.2, 0.25) is 10.0 Å². The van der Waals surface area contributed by atoms with Crippen LogP contribution in [0.3, 0.4) is 0 Å². The Morgan fingerprint density at radius 1 is 1.30 bits per heavy atom. The first-order valence-corrected chi connectivity index (χ1v) is 8.93. The molecule has 20 heavy (non-hydrogen) atoms. The van der Waals surface area contributed by atoms with Gasteiger partial charge in [0.1, 0.15) is 5.78 Å². The first-order chi connectivity index (χ1) is 9.60. The molecule has 2 fully saturated rings. The average Bonchev–Trinajstić information content (AvgIpc) is 2.82. The Kier molecular flexibility index (Phi) is 4.35. The maximum Gasteiger partial charge on any atom is 0.137 e. The van der Waals surface area contributed by atoms with Gasteiger partial charge in [0.25, 0.3) is 0 Å². The number of carbonyl (C=O) groups is 1. The SMILES string of the molecule is CCC(=O)C1C2CCC(CC1c1ccc(Cl)c(Cl)c1)S2. The molecule has 0 radical (unpaired) electrons. The molecule has 2 aliphatic rings. The van der Waals surface area contributed by atoms with E-state index >= 15 is 0 Å². The number of ketones is 1. The van der Waals surface area contributed by atoms with Gasteiger partial charge in [0.05, 0.1) is 10.0 Å². The number of fused-ring (bicyclic) bond motifs is 2. The van der Waals surface area contributed by atoms with E-state index in [1.807, 2.05) is 36.9 Å². The molecule has 1 nitrogen and oxygen atoms in total. The van der Waals surface area contributed by atoms with Crippen LogP contribution in [-0.2, 0) is 4.79 Å². The van der Waals surface area contributed by atoms with Crippen LogP contribution in [0.15, 0.2) is 18.2 Å². The van der Waals surface area contributed by atoms with E-state index in [1.165, 1.54) is 18.4 Å². The molecule has 4 atom stereocenters. The van der Waals surface area contributed by atoms with Crippen LogP contribution in [0.25, 0.3) is 0 Å². The molecule has 2 saturated heterocycles. The quantitative estimate of drug-likeness (QED) is 0.744. The smallest absolute Gasteiger partial charge is 0.137 e. The molecule has 2 bridgehead atoms. The summed E-state index contributed by atoms with van der Waals surface area (Å²) in [7, 11) is 0. The van der Waals surface area contributed by atoms with Crippen LogP contribution in [0.4, 0.5) is 0 Å². The lowest BCUT2D eigenvalue weighted by Crippen LogP contribution is -2.34. The molecule has 0 aromatic heterocycles. The number of hydrogen-bond acceptors (Lipinski definition) is 2. The molecule has 4 heteroatoms. The normalized spacial score (nSPS) is 32.4. The van der Waals surface area contributed by atoms with Gasteiger partial charge in [-0.15, -0.1) is 0 Å². The first-order valence-electron chi connectivity index (χ1n) is 7.23. The van der Waals surface area contributed by atoms with E-state index in [-0.39, 0.29) is 5.92 Å². The number of thioether (sulfide) groups is 1. The van der Waals surface area contributed by atoms with Gasteiger partial charge in [-0.2, -0.15) is 11.8 Å². The highest BCUT2D eigenvalue weighted by molar-refractivity contribution is 8.00. The molecule has 0 saturated carbocycles.